The van der Waals surface area contributed by atoms with Crippen molar-refractivity contribution in [2.75, 3.05) is 6.61 Å². The minimum Gasteiger partial charge on any atom is -0.480 e. The van der Waals surface area contributed by atoms with Crippen LogP contribution in [0.25, 0.3) is 0 Å². The fraction of sp³-hybridized carbons (Fsp3) is 0.333. The number of aliphatic carboxylic acids is 1. The predicted molar refractivity (Wildman–Crippen MR) is 59.5 cm³/mol. The zero-order valence-electron chi connectivity index (χ0n) is 9.42. The highest BCUT2D eigenvalue weighted by Gasteiger charge is 2.37. The first kappa shape index (κ1) is 11.4. The molecule has 1 atom stereocenters. The molecule has 1 saturated heterocycles. The largest absolute Gasteiger partial charge is 0.480 e. The lowest BCUT2D eigenvalue weighted by Gasteiger charge is -2.17. The van der Waals surface area contributed by atoms with E-state index in [4.69, 9.17) is 9.84 Å². The Bertz CT molecular complexity index is 440. The number of ether oxygens (including phenoxy) is 1. The van der Waals surface area contributed by atoms with Crippen molar-refractivity contribution in [2.24, 2.45) is 0 Å². The molecule has 1 aliphatic rings. The van der Waals surface area contributed by atoms with Crippen LogP contribution in [0.2, 0.25) is 0 Å². The number of aryl methyl sites for hydroxylation is 1. The summed E-state index contributed by atoms with van der Waals surface area (Å²) in [5.74, 6) is -1.04. The number of hydrogen-bond acceptors (Lipinski definition) is 3. The van der Waals surface area contributed by atoms with E-state index in [1.807, 2.05) is 31.2 Å². The molecule has 0 aliphatic carbocycles. The topological polar surface area (TPSA) is 66.8 Å². The second kappa shape index (κ2) is 4.45. The molecule has 1 aromatic carbocycles. The molecule has 1 N–H and O–H groups in total. The van der Waals surface area contributed by atoms with Crippen molar-refractivity contribution in [1.82, 2.24) is 4.90 Å². The third-order valence-electron chi connectivity index (χ3n) is 2.73. The summed E-state index contributed by atoms with van der Waals surface area (Å²) in [7, 11) is 0. The molecule has 90 valence electrons. The lowest BCUT2D eigenvalue weighted by molar-refractivity contribution is -0.141. The van der Waals surface area contributed by atoms with Crippen LogP contribution in [-0.2, 0) is 16.1 Å². The van der Waals surface area contributed by atoms with Crippen molar-refractivity contribution >= 4 is 12.1 Å². The summed E-state index contributed by atoms with van der Waals surface area (Å²) in [5.41, 5.74) is 2.01. The molecule has 0 radical (unpaired) electrons. The maximum absolute atomic E-state index is 11.4. The number of carbonyl (C=O) groups excluding carboxylic acids is 1. The van der Waals surface area contributed by atoms with Gasteiger partial charge in [-0.05, 0) is 12.5 Å². The molecule has 5 heteroatoms. The Labute approximate surface area is 98.6 Å². The lowest BCUT2D eigenvalue weighted by atomic mass is 10.1. The Hall–Kier alpha value is -2.04. The molecule has 1 amide bonds. The van der Waals surface area contributed by atoms with Gasteiger partial charge in [0.15, 0.2) is 6.04 Å². The second-order valence-electron chi connectivity index (χ2n) is 4.04. The standard InChI is InChI=1S/C12H13NO4/c1-8-2-4-9(5-3-8)6-13-10(11(14)15)7-17-12(13)16/h2-5,10H,6-7H2,1H3,(H,14,15)/t10-/m0/s1. The number of carboxylic acid groups (broad SMARTS) is 1. The number of amides is 1. The summed E-state index contributed by atoms with van der Waals surface area (Å²) in [5, 5.41) is 8.95. The fourth-order valence-corrected chi connectivity index (χ4v) is 1.72. The van der Waals surface area contributed by atoms with Crippen LogP contribution >= 0.6 is 0 Å². The molecule has 1 heterocycles. The van der Waals surface area contributed by atoms with Crippen molar-refractivity contribution in [2.45, 2.75) is 19.5 Å². The SMILES string of the molecule is Cc1ccc(CN2C(=O)OC[C@H]2C(=O)O)cc1. The molecule has 0 bridgehead atoms. The average Bonchev–Trinajstić information content (AvgIpc) is 2.64. The van der Waals surface area contributed by atoms with E-state index in [0.29, 0.717) is 0 Å². The Morgan fingerprint density at radius 3 is 2.71 bits per heavy atom. The summed E-state index contributed by atoms with van der Waals surface area (Å²) >= 11 is 0. The van der Waals surface area contributed by atoms with E-state index in [9.17, 15) is 9.59 Å². The quantitative estimate of drug-likeness (QED) is 0.859. The van der Waals surface area contributed by atoms with Crippen LogP contribution in [0.3, 0.4) is 0 Å². The van der Waals surface area contributed by atoms with Gasteiger partial charge in [-0.2, -0.15) is 0 Å². The maximum atomic E-state index is 11.4. The summed E-state index contributed by atoms with van der Waals surface area (Å²) in [4.78, 5) is 23.6. The average molecular weight is 235 g/mol. The number of hydrogen-bond donors (Lipinski definition) is 1. The van der Waals surface area contributed by atoms with Gasteiger partial charge in [0.05, 0.1) is 6.54 Å². The van der Waals surface area contributed by atoms with Crippen LogP contribution in [-0.4, -0.2) is 34.7 Å². The summed E-state index contributed by atoms with van der Waals surface area (Å²) in [6.07, 6.45) is -0.571. The van der Waals surface area contributed by atoms with E-state index >= 15 is 0 Å². The van der Waals surface area contributed by atoms with Crippen LogP contribution in [0.4, 0.5) is 4.79 Å². The number of rotatable bonds is 3. The van der Waals surface area contributed by atoms with E-state index in [1.165, 1.54) is 4.90 Å². The van der Waals surface area contributed by atoms with Crippen molar-refractivity contribution in [1.29, 1.82) is 0 Å². The normalized spacial score (nSPS) is 19.2. The third kappa shape index (κ3) is 2.38. The molecule has 1 fully saturated rings. The van der Waals surface area contributed by atoms with E-state index in [2.05, 4.69) is 0 Å². The smallest absolute Gasteiger partial charge is 0.411 e. The fourth-order valence-electron chi connectivity index (χ4n) is 1.72. The minimum atomic E-state index is -1.04. The first-order valence-corrected chi connectivity index (χ1v) is 5.29. The van der Waals surface area contributed by atoms with E-state index in [0.717, 1.165) is 11.1 Å². The predicted octanol–water partition coefficient (Wildman–Crippen LogP) is 1.40. The van der Waals surface area contributed by atoms with Crippen molar-refractivity contribution in [3.05, 3.63) is 35.4 Å². The van der Waals surface area contributed by atoms with Crippen LogP contribution in [0.15, 0.2) is 24.3 Å². The first-order chi connectivity index (χ1) is 8.08. The van der Waals surface area contributed by atoms with E-state index in [-0.39, 0.29) is 13.2 Å². The summed E-state index contributed by atoms with van der Waals surface area (Å²) in [6.45, 7) is 2.14. The highest BCUT2D eigenvalue weighted by Crippen LogP contribution is 2.17. The second-order valence-corrected chi connectivity index (χ2v) is 4.04. The van der Waals surface area contributed by atoms with Gasteiger partial charge in [0.1, 0.15) is 6.61 Å². The first-order valence-electron chi connectivity index (χ1n) is 5.29. The third-order valence-corrected chi connectivity index (χ3v) is 2.73. The number of carboxylic acids is 1. The maximum Gasteiger partial charge on any atom is 0.411 e. The summed E-state index contributed by atoms with van der Waals surface area (Å²) in [6, 6.07) is 6.71. The van der Waals surface area contributed by atoms with Crippen LogP contribution < -0.4 is 0 Å². The molecule has 0 saturated carbocycles. The van der Waals surface area contributed by atoms with E-state index < -0.39 is 18.1 Å². The monoisotopic (exact) mass is 235 g/mol. The Morgan fingerprint density at radius 1 is 1.47 bits per heavy atom. The van der Waals surface area contributed by atoms with Gasteiger partial charge >= 0.3 is 12.1 Å². The molecular weight excluding hydrogens is 222 g/mol. The Morgan fingerprint density at radius 2 is 2.12 bits per heavy atom. The number of carbonyl (C=O) groups is 2. The van der Waals surface area contributed by atoms with Crippen molar-refractivity contribution < 1.29 is 19.4 Å². The zero-order chi connectivity index (χ0) is 12.4. The minimum absolute atomic E-state index is 0.0833. The van der Waals surface area contributed by atoms with Gasteiger partial charge < -0.3 is 9.84 Å². The molecule has 5 nitrogen and oxygen atoms in total. The van der Waals surface area contributed by atoms with Gasteiger partial charge in [-0.3, -0.25) is 4.90 Å². The van der Waals surface area contributed by atoms with Crippen molar-refractivity contribution in [3.63, 3.8) is 0 Å². The van der Waals surface area contributed by atoms with Gasteiger partial charge in [0.2, 0.25) is 0 Å². The number of benzene rings is 1. The number of nitrogens with zero attached hydrogens (tertiary/aromatic N) is 1. The molecule has 0 spiro atoms. The van der Waals surface area contributed by atoms with Crippen LogP contribution in [0.1, 0.15) is 11.1 Å². The van der Waals surface area contributed by atoms with Gasteiger partial charge in [-0.1, -0.05) is 29.8 Å². The Kier molecular flexibility index (Phi) is 2.99. The molecular formula is C12H13NO4. The highest BCUT2D eigenvalue weighted by molar-refractivity contribution is 5.82. The van der Waals surface area contributed by atoms with Gasteiger partial charge in [0, 0.05) is 0 Å². The molecule has 0 aromatic heterocycles. The zero-order valence-corrected chi connectivity index (χ0v) is 9.42. The molecule has 1 aromatic rings. The van der Waals surface area contributed by atoms with Crippen LogP contribution in [0.5, 0.6) is 0 Å². The molecule has 0 unspecified atom stereocenters. The Balaban J connectivity index is 2.13. The van der Waals surface area contributed by atoms with Gasteiger partial charge in [-0.15, -0.1) is 0 Å². The molecule has 17 heavy (non-hydrogen) atoms. The van der Waals surface area contributed by atoms with Gasteiger partial charge in [0.25, 0.3) is 0 Å². The number of cyclic esters (lactones) is 1. The lowest BCUT2D eigenvalue weighted by Crippen LogP contribution is -2.38. The highest BCUT2D eigenvalue weighted by atomic mass is 16.6. The molecule has 2 rings (SSSR count). The van der Waals surface area contributed by atoms with Gasteiger partial charge in [-0.25, -0.2) is 9.59 Å². The summed E-state index contributed by atoms with van der Waals surface area (Å²) < 4.78 is 4.74. The van der Waals surface area contributed by atoms with Crippen molar-refractivity contribution in [3.8, 4) is 0 Å². The van der Waals surface area contributed by atoms with Crippen LogP contribution in [0, 0.1) is 6.92 Å². The molecule has 1 aliphatic heterocycles. The van der Waals surface area contributed by atoms with E-state index in [1.54, 1.807) is 0 Å².